The van der Waals surface area contributed by atoms with Crippen molar-refractivity contribution in [1.29, 1.82) is 0 Å². The molecule has 0 amide bonds. The number of ether oxygens (including phenoxy) is 1. The Hall–Kier alpha value is -1.16. The zero-order valence-corrected chi connectivity index (χ0v) is 13.3. The maximum atomic E-state index is 12.8. The summed E-state index contributed by atoms with van der Waals surface area (Å²) in [5, 5.41) is 3.42. The molecule has 0 aromatic heterocycles. The van der Waals surface area contributed by atoms with Crippen molar-refractivity contribution in [2.75, 3.05) is 13.2 Å². The van der Waals surface area contributed by atoms with Gasteiger partial charge in [0.05, 0.1) is 12.5 Å². The van der Waals surface area contributed by atoms with Crippen LogP contribution in [-0.2, 0) is 6.42 Å². The Bertz CT molecular complexity index is 502. The number of alkyl halides is 2. The van der Waals surface area contributed by atoms with E-state index in [0.29, 0.717) is 6.04 Å². The summed E-state index contributed by atoms with van der Waals surface area (Å²) in [4.78, 5) is 0. The topological polar surface area (TPSA) is 21.3 Å². The van der Waals surface area contributed by atoms with Gasteiger partial charge in [0.2, 0.25) is 0 Å². The summed E-state index contributed by atoms with van der Waals surface area (Å²) >= 11 is 0. The highest BCUT2D eigenvalue weighted by Gasteiger charge is 2.57. The van der Waals surface area contributed by atoms with Gasteiger partial charge < -0.3 is 10.1 Å². The third-order valence-electron chi connectivity index (χ3n) is 4.27. The summed E-state index contributed by atoms with van der Waals surface area (Å²) < 4.78 is 31.3. The average molecular weight is 297 g/mol. The molecule has 118 valence electrons. The normalized spacial score (nSPS) is 25.4. The van der Waals surface area contributed by atoms with Gasteiger partial charge in [0.25, 0.3) is 5.92 Å². The Balaban J connectivity index is 0.000000774. The molecule has 1 heterocycles. The predicted octanol–water partition coefficient (Wildman–Crippen LogP) is 4.26. The van der Waals surface area contributed by atoms with E-state index < -0.39 is 11.8 Å². The summed E-state index contributed by atoms with van der Waals surface area (Å²) in [5.74, 6) is -2.33. The maximum Gasteiger partial charge on any atom is 0.255 e. The van der Waals surface area contributed by atoms with E-state index in [2.05, 4.69) is 18.3 Å². The van der Waals surface area contributed by atoms with E-state index in [1.807, 2.05) is 26.8 Å². The SMILES string of the molecule is CC.Cc1c(OCC2CC2(F)F)ccc2c1CCNC2C. The smallest absolute Gasteiger partial charge is 0.255 e. The zero-order chi connectivity index (χ0) is 15.6. The van der Waals surface area contributed by atoms with Gasteiger partial charge in [-0.05, 0) is 49.6 Å². The van der Waals surface area contributed by atoms with Gasteiger partial charge in [0.15, 0.2) is 0 Å². The Morgan fingerprint density at radius 2 is 2.00 bits per heavy atom. The molecule has 21 heavy (non-hydrogen) atoms. The monoisotopic (exact) mass is 297 g/mol. The van der Waals surface area contributed by atoms with Crippen LogP contribution in [0.25, 0.3) is 0 Å². The van der Waals surface area contributed by atoms with Crippen LogP contribution in [0, 0.1) is 12.8 Å². The molecule has 0 radical (unpaired) electrons. The van der Waals surface area contributed by atoms with Crippen molar-refractivity contribution >= 4 is 0 Å². The van der Waals surface area contributed by atoms with Crippen LogP contribution < -0.4 is 10.1 Å². The third-order valence-corrected chi connectivity index (χ3v) is 4.27. The fraction of sp³-hybridized carbons (Fsp3) is 0.647. The summed E-state index contributed by atoms with van der Waals surface area (Å²) in [5.41, 5.74) is 3.72. The first-order chi connectivity index (χ1) is 9.99. The highest BCUT2D eigenvalue weighted by atomic mass is 19.3. The van der Waals surface area contributed by atoms with Crippen LogP contribution in [0.5, 0.6) is 5.75 Å². The highest BCUT2D eigenvalue weighted by Crippen LogP contribution is 2.48. The fourth-order valence-electron chi connectivity index (χ4n) is 2.81. The summed E-state index contributed by atoms with van der Waals surface area (Å²) in [6.45, 7) is 9.25. The Labute approximate surface area is 125 Å². The molecule has 0 saturated heterocycles. The molecule has 3 rings (SSSR count). The lowest BCUT2D eigenvalue weighted by Gasteiger charge is -2.26. The molecule has 1 fully saturated rings. The molecular weight excluding hydrogens is 272 g/mol. The van der Waals surface area contributed by atoms with Crippen LogP contribution in [-0.4, -0.2) is 19.1 Å². The van der Waals surface area contributed by atoms with Crippen molar-refractivity contribution in [3.63, 3.8) is 0 Å². The standard InChI is InChI=1S/C15H19F2NO.C2H6/c1-9-12-5-6-18-10(2)13(12)3-4-14(9)19-8-11-7-15(11,16)17;1-2/h3-4,10-11,18H,5-8H2,1-2H3;1-2H3. The number of benzene rings is 1. The first kappa shape index (κ1) is 16.2. The minimum atomic E-state index is -2.50. The minimum Gasteiger partial charge on any atom is -0.493 e. The Morgan fingerprint density at radius 1 is 1.33 bits per heavy atom. The molecule has 0 spiro atoms. The van der Waals surface area contributed by atoms with Crippen LogP contribution in [0.1, 0.15) is 49.9 Å². The molecule has 1 aromatic rings. The van der Waals surface area contributed by atoms with Gasteiger partial charge in [0.1, 0.15) is 5.75 Å². The van der Waals surface area contributed by atoms with E-state index in [0.717, 1.165) is 24.3 Å². The van der Waals surface area contributed by atoms with Gasteiger partial charge in [-0.3, -0.25) is 0 Å². The van der Waals surface area contributed by atoms with Crippen molar-refractivity contribution in [2.45, 2.75) is 52.5 Å². The first-order valence-corrected chi connectivity index (χ1v) is 7.85. The van der Waals surface area contributed by atoms with Gasteiger partial charge in [-0.2, -0.15) is 0 Å². The van der Waals surface area contributed by atoms with E-state index in [9.17, 15) is 8.78 Å². The second-order valence-corrected chi connectivity index (χ2v) is 5.66. The number of hydrogen-bond acceptors (Lipinski definition) is 2. The second-order valence-electron chi connectivity index (χ2n) is 5.66. The molecule has 1 aliphatic carbocycles. The number of hydrogen-bond donors (Lipinski definition) is 1. The summed E-state index contributed by atoms with van der Waals surface area (Å²) in [7, 11) is 0. The van der Waals surface area contributed by atoms with Crippen LogP contribution in [0.15, 0.2) is 12.1 Å². The predicted molar refractivity (Wildman–Crippen MR) is 81.2 cm³/mol. The van der Waals surface area contributed by atoms with Gasteiger partial charge in [-0.1, -0.05) is 19.9 Å². The van der Waals surface area contributed by atoms with Gasteiger partial charge in [-0.25, -0.2) is 8.78 Å². The van der Waals surface area contributed by atoms with Crippen molar-refractivity contribution in [2.24, 2.45) is 5.92 Å². The number of fused-ring (bicyclic) bond motifs is 1. The van der Waals surface area contributed by atoms with Crippen molar-refractivity contribution < 1.29 is 13.5 Å². The molecule has 2 nitrogen and oxygen atoms in total. The van der Waals surface area contributed by atoms with E-state index in [4.69, 9.17) is 4.74 Å². The van der Waals surface area contributed by atoms with E-state index in [1.54, 1.807) is 0 Å². The molecule has 2 aliphatic rings. The molecule has 2 unspecified atom stereocenters. The van der Waals surface area contributed by atoms with Crippen molar-refractivity contribution in [3.8, 4) is 5.75 Å². The van der Waals surface area contributed by atoms with Gasteiger partial charge in [0, 0.05) is 12.5 Å². The van der Waals surface area contributed by atoms with E-state index in [-0.39, 0.29) is 13.0 Å². The van der Waals surface area contributed by atoms with E-state index >= 15 is 0 Å². The number of nitrogens with one attached hydrogen (secondary N) is 1. The Kier molecular flexibility index (Phi) is 4.87. The van der Waals surface area contributed by atoms with Crippen molar-refractivity contribution in [1.82, 2.24) is 5.32 Å². The lowest BCUT2D eigenvalue weighted by Crippen LogP contribution is -2.28. The zero-order valence-electron chi connectivity index (χ0n) is 13.3. The van der Waals surface area contributed by atoms with E-state index in [1.165, 1.54) is 11.1 Å². The molecule has 4 heteroatoms. The quantitative estimate of drug-likeness (QED) is 0.900. The molecule has 1 N–H and O–H groups in total. The number of rotatable bonds is 3. The second kappa shape index (κ2) is 6.30. The first-order valence-electron chi connectivity index (χ1n) is 7.85. The molecule has 1 saturated carbocycles. The molecule has 2 atom stereocenters. The lowest BCUT2D eigenvalue weighted by molar-refractivity contribution is 0.0855. The molecular formula is C17H25F2NO. The Morgan fingerprint density at radius 3 is 2.62 bits per heavy atom. The highest BCUT2D eigenvalue weighted by molar-refractivity contribution is 5.46. The van der Waals surface area contributed by atoms with Gasteiger partial charge >= 0.3 is 0 Å². The molecule has 0 bridgehead atoms. The number of halogens is 2. The third kappa shape index (κ3) is 3.37. The molecule has 1 aliphatic heterocycles. The van der Waals surface area contributed by atoms with Gasteiger partial charge in [-0.15, -0.1) is 0 Å². The largest absolute Gasteiger partial charge is 0.493 e. The van der Waals surface area contributed by atoms with Crippen LogP contribution >= 0.6 is 0 Å². The summed E-state index contributed by atoms with van der Waals surface area (Å²) in [6.07, 6.45) is 0.945. The average Bonchev–Trinajstić information content (AvgIpc) is 3.09. The van der Waals surface area contributed by atoms with Crippen LogP contribution in [0.4, 0.5) is 8.78 Å². The van der Waals surface area contributed by atoms with Crippen LogP contribution in [0.2, 0.25) is 0 Å². The van der Waals surface area contributed by atoms with Crippen molar-refractivity contribution in [3.05, 3.63) is 28.8 Å². The summed E-state index contributed by atoms with van der Waals surface area (Å²) in [6, 6.07) is 4.32. The fourth-order valence-corrected chi connectivity index (χ4v) is 2.81. The maximum absolute atomic E-state index is 12.8. The van der Waals surface area contributed by atoms with Crippen LogP contribution in [0.3, 0.4) is 0 Å². The minimum absolute atomic E-state index is 0.0298. The lowest BCUT2D eigenvalue weighted by atomic mass is 9.91. The molecule has 1 aromatic carbocycles.